The molecule has 1 heterocycles. The van der Waals surface area contributed by atoms with Crippen LogP contribution in [-0.4, -0.2) is 42.5 Å². The van der Waals surface area contributed by atoms with E-state index in [4.69, 9.17) is 9.47 Å². The Kier molecular flexibility index (Phi) is 7.54. The molecule has 0 aliphatic carbocycles. The van der Waals surface area contributed by atoms with Crippen molar-refractivity contribution in [3.8, 4) is 11.5 Å². The normalized spacial score (nSPS) is 13.9. The number of hydrogen-bond acceptors (Lipinski definition) is 6. The molecule has 0 bridgehead atoms. The molecular weight excluding hydrogens is 402 g/mol. The van der Waals surface area contributed by atoms with E-state index in [1.165, 1.54) is 16.7 Å². The maximum absolute atomic E-state index is 13.3. The third-order valence-electron chi connectivity index (χ3n) is 4.38. The Hall–Kier alpha value is -2.77. The number of hydrogen-bond donors (Lipinski definition) is 1. The Morgan fingerprint density at radius 2 is 1.73 bits per heavy atom. The summed E-state index contributed by atoms with van der Waals surface area (Å²) >= 11 is 1.18. The van der Waals surface area contributed by atoms with Crippen LogP contribution in [0.4, 0.5) is 5.69 Å². The second kappa shape index (κ2) is 10.3. The number of nitrogens with zero attached hydrogens (tertiary/aromatic N) is 1. The predicted octanol–water partition coefficient (Wildman–Crippen LogP) is 3.88. The topological polar surface area (TPSA) is 76.1 Å². The molecule has 0 saturated carbocycles. The quantitative estimate of drug-likeness (QED) is 0.580. The Balaban J connectivity index is 1.96. The highest BCUT2D eigenvalue weighted by atomic mass is 32.2. The molecule has 0 atom stereocenters. The Bertz CT molecular complexity index is 939. The molecule has 7 heteroatoms. The molecule has 6 nitrogen and oxygen atoms in total. The van der Waals surface area contributed by atoms with Crippen LogP contribution in [0.25, 0.3) is 5.57 Å². The van der Waals surface area contributed by atoms with Crippen molar-refractivity contribution in [3.05, 3.63) is 59.0 Å². The van der Waals surface area contributed by atoms with Crippen molar-refractivity contribution in [2.24, 2.45) is 0 Å². The van der Waals surface area contributed by atoms with Crippen LogP contribution in [0.3, 0.4) is 0 Å². The number of imide groups is 1. The summed E-state index contributed by atoms with van der Waals surface area (Å²) in [6.07, 6.45) is 0.900. The Labute approximate surface area is 180 Å². The molecule has 158 valence electrons. The lowest BCUT2D eigenvalue weighted by Gasteiger charge is -2.16. The maximum Gasteiger partial charge on any atom is 0.272 e. The lowest BCUT2D eigenvalue weighted by molar-refractivity contribution is -0.119. The Morgan fingerprint density at radius 3 is 2.40 bits per heavy atom. The van der Waals surface area contributed by atoms with Crippen LogP contribution in [0.15, 0.2) is 53.4 Å². The molecule has 2 aromatic carbocycles. The smallest absolute Gasteiger partial charge is 0.272 e. The number of carbonyl (C=O) groups excluding carboxylic acids is 2. The van der Waals surface area contributed by atoms with Gasteiger partial charge in [-0.1, -0.05) is 25.1 Å². The van der Waals surface area contributed by atoms with Gasteiger partial charge in [0.1, 0.15) is 11.5 Å². The van der Waals surface area contributed by atoms with Gasteiger partial charge in [0.2, 0.25) is 0 Å². The first kappa shape index (κ1) is 21.9. The molecular formula is C23H25NO5S. The molecule has 0 radical (unpaired) electrons. The zero-order chi connectivity index (χ0) is 21.5. The number of thioether (sulfide) groups is 1. The van der Waals surface area contributed by atoms with Gasteiger partial charge in [-0.25, -0.2) is 4.90 Å². The monoisotopic (exact) mass is 427 g/mol. The number of benzene rings is 2. The van der Waals surface area contributed by atoms with Gasteiger partial charge < -0.3 is 14.6 Å². The Morgan fingerprint density at radius 1 is 0.967 bits per heavy atom. The van der Waals surface area contributed by atoms with Gasteiger partial charge in [0.05, 0.1) is 36.0 Å². The van der Waals surface area contributed by atoms with Gasteiger partial charge in [-0.05, 0) is 43.2 Å². The van der Waals surface area contributed by atoms with Crippen LogP contribution in [0.5, 0.6) is 11.5 Å². The average molecular weight is 428 g/mol. The van der Waals surface area contributed by atoms with Crippen molar-refractivity contribution in [1.82, 2.24) is 0 Å². The summed E-state index contributed by atoms with van der Waals surface area (Å²) in [4.78, 5) is 28.0. The minimum Gasteiger partial charge on any atom is -0.494 e. The molecule has 2 amide bonds. The summed E-state index contributed by atoms with van der Waals surface area (Å²) in [5, 5.41) is 9.25. The van der Waals surface area contributed by atoms with Crippen LogP contribution in [-0.2, 0) is 9.59 Å². The second-order valence-corrected chi connectivity index (χ2v) is 7.63. The number of aliphatic hydroxyl groups excluding tert-OH is 1. The molecule has 1 aliphatic rings. The first-order valence-electron chi connectivity index (χ1n) is 9.93. The standard InChI is InChI=1S/C23H25NO5S/c1-3-13-29-18-10-8-16(9-11-18)20-21(30-14-12-25)23(27)24(22(20)26)17-6-5-7-19(15-17)28-4-2/h5-11,15,25H,3-4,12-14H2,1-2H3. The summed E-state index contributed by atoms with van der Waals surface area (Å²) in [7, 11) is 0. The van der Waals surface area contributed by atoms with Gasteiger partial charge in [0.15, 0.2) is 0 Å². The van der Waals surface area contributed by atoms with E-state index in [9.17, 15) is 14.7 Å². The van der Waals surface area contributed by atoms with E-state index in [0.717, 1.165) is 6.42 Å². The summed E-state index contributed by atoms with van der Waals surface area (Å²) in [5.74, 6) is 0.835. The molecule has 2 aromatic rings. The van der Waals surface area contributed by atoms with Crippen LogP contribution in [0.2, 0.25) is 0 Å². The summed E-state index contributed by atoms with van der Waals surface area (Å²) in [5.41, 5.74) is 1.43. The van der Waals surface area contributed by atoms with E-state index in [0.29, 0.717) is 52.2 Å². The average Bonchev–Trinajstić information content (AvgIpc) is 3.01. The SMILES string of the molecule is CCCOc1ccc(C2=C(SCCO)C(=O)N(c3cccc(OCC)c3)C2=O)cc1. The van der Waals surface area contributed by atoms with Crippen LogP contribution in [0.1, 0.15) is 25.8 Å². The van der Waals surface area contributed by atoms with Crippen molar-refractivity contribution >= 4 is 34.8 Å². The van der Waals surface area contributed by atoms with Crippen molar-refractivity contribution in [2.45, 2.75) is 20.3 Å². The number of ether oxygens (including phenoxy) is 2. The number of amides is 2. The fourth-order valence-corrected chi connectivity index (χ4v) is 3.96. The fraction of sp³-hybridized carbons (Fsp3) is 0.304. The second-order valence-electron chi connectivity index (χ2n) is 6.53. The predicted molar refractivity (Wildman–Crippen MR) is 119 cm³/mol. The lowest BCUT2D eigenvalue weighted by atomic mass is 10.1. The van der Waals surface area contributed by atoms with Crippen LogP contribution < -0.4 is 14.4 Å². The summed E-state index contributed by atoms with van der Waals surface area (Å²) in [6, 6.07) is 14.1. The fourth-order valence-electron chi connectivity index (χ4n) is 3.10. The van der Waals surface area contributed by atoms with Crippen molar-refractivity contribution in [1.29, 1.82) is 0 Å². The number of aliphatic hydroxyl groups is 1. The number of rotatable bonds is 10. The molecule has 30 heavy (non-hydrogen) atoms. The maximum atomic E-state index is 13.3. The third kappa shape index (κ3) is 4.68. The summed E-state index contributed by atoms with van der Waals surface area (Å²) < 4.78 is 11.1. The molecule has 3 rings (SSSR count). The molecule has 1 N–H and O–H groups in total. The lowest BCUT2D eigenvalue weighted by Crippen LogP contribution is -2.31. The minimum absolute atomic E-state index is 0.0907. The van der Waals surface area contributed by atoms with E-state index in [1.54, 1.807) is 48.5 Å². The highest BCUT2D eigenvalue weighted by Crippen LogP contribution is 2.39. The molecule has 0 fully saturated rings. The highest BCUT2D eigenvalue weighted by molar-refractivity contribution is 8.04. The summed E-state index contributed by atoms with van der Waals surface area (Å²) in [6.45, 7) is 4.91. The number of anilines is 1. The van der Waals surface area contributed by atoms with Gasteiger partial charge in [-0.3, -0.25) is 9.59 Å². The van der Waals surface area contributed by atoms with E-state index in [2.05, 4.69) is 0 Å². The molecule has 0 aromatic heterocycles. The van der Waals surface area contributed by atoms with E-state index < -0.39 is 11.8 Å². The third-order valence-corrected chi connectivity index (χ3v) is 5.44. The zero-order valence-electron chi connectivity index (χ0n) is 17.1. The molecule has 0 unspecified atom stereocenters. The van der Waals surface area contributed by atoms with Crippen molar-refractivity contribution in [3.63, 3.8) is 0 Å². The largest absolute Gasteiger partial charge is 0.494 e. The number of carbonyl (C=O) groups is 2. The highest BCUT2D eigenvalue weighted by Gasteiger charge is 2.40. The van der Waals surface area contributed by atoms with E-state index >= 15 is 0 Å². The molecule has 0 saturated heterocycles. The van der Waals surface area contributed by atoms with E-state index in [1.807, 2.05) is 13.8 Å². The van der Waals surface area contributed by atoms with Gasteiger partial charge in [-0.2, -0.15) is 0 Å². The van der Waals surface area contributed by atoms with Gasteiger partial charge in [0, 0.05) is 11.8 Å². The van der Waals surface area contributed by atoms with Crippen molar-refractivity contribution < 1.29 is 24.2 Å². The van der Waals surface area contributed by atoms with Crippen molar-refractivity contribution in [2.75, 3.05) is 30.5 Å². The zero-order valence-corrected chi connectivity index (χ0v) is 17.9. The van der Waals surface area contributed by atoms with Gasteiger partial charge in [0.25, 0.3) is 11.8 Å². The van der Waals surface area contributed by atoms with Crippen LogP contribution in [0, 0.1) is 0 Å². The first-order chi connectivity index (χ1) is 14.6. The van der Waals surface area contributed by atoms with Gasteiger partial charge >= 0.3 is 0 Å². The molecule has 0 spiro atoms. The molecule has 1 aliphatic heterocycles. The minimum atomic E-state index is -0.395. The first-order valence-corrected chi connectivity index (χ1v) is 10.9. The van der Waals surface area contributed by atoms with Crippen LogP contribution >= 0.6 is 11.8 Å². The van der Waals surface area contributed by atoms with Gasteiger partial charge in [-0.15, -0.1) is 11.8 Å². The van der Waals surface area contributed by atoms with E-state index in [-0.39, 0.29) is 6.61 Å².